The van der Waals surface area contributed by atoms with Gasteiger partial charge in [0.05, 0.1) is 30.3 Å². The summed E-state index contributed by atoms with van der Waals surface area (Å²) in [6, 6.07) is 5.60. The summed E-state index contributed by atoms with van der Waals surface area (Å²) in [5.41, 5.74) is 3.33. The molecule has 2 aromatic heterocycles. The number of fused-ring (bicyclic) bond motifs is 3. The maximum absolute atomic E-state index is 11.1. The number of ether oxygens (including phenoxy) is 1. The fourth-order valence-corrected chi connectivity index (χ4v) is 2.52. The number of carboxylic acids is 1. The highest BCUT2D eigenvalue weighted by Crippen LogP contribution is 2.26. The lowest BCUT2D eigenvalue weighted by molar-refractivity contribution is -0.136. The molecule has 0 saturated carbocycles. The predicted octanol–water partition coefficient (Wildman–Crippen LogP) is 1.77. The number of carbonyl (C=O) groups is 1. The third-order valence-electron chi connectivity index (χ3n) is 3.65. The van der Waals surface area contributed by atoms with Crippen LogP contribution in [0.3, 0.4) is 0 Å². The second-order valence-corrected chi connectivity index (χ2v) is 4.76. The van der Waals surface area contributed by atoms with Crippen molar-refractivity contribution in [1.29, 1.82) is 0 Å². The highest BCUT2D eigenvalue weighted by Gasteiger charge is 2.18. The Morgan fingerprint density at radius 1 is 1.45 bits per heavy atom. The molecule has 0 bridgehead atoms. The molecule has 0 amide bonds. The standard InChI is InChI=1S/C14H15N3O3/c1-8-11(7-13(18)19)17-12-6-9(20-3)4-5-10(12)15-14(17)16(8)2/h4-6H,7H2,1-3H3,(H,18,19). The Balaban J connectivity index is 2.41. The van der Waals surface area contributed by atoms with Crippen LogP contribution < -0.4 is 4.74 Å². The van der Waals surface area contributed by atoms with Crippen molar-refractivity contribution in [2.24, 2.45) is 7.05 Å². The van der Waals surface area contributed by atoms with Gasteiger partial charge in [0, 0.05) is 18.8 Å². The van der Waals surface area contributed by atoms with Gasteiger partial charge in [-0.25, -0.2) is 4.98 Å². The highest BCUT2D eigenvalue weighted by molar-refractivity contribution is 5.83. The lowest BCUT2D eigenvalue weighted by atomic mass is 10.2. The summed E-state index contributed by atoms with van der Waals surface area (Å²) in [6.07, 6.45) is -0.0359. The van der Waals surface area contributed by atoms with E-state index < -0.39 is 5.97 Å². The molecule has 20 heavy (non-hydrogen) atoms. The number of aromatic nitrogens is 3. The summed E-state index contributed by atoms with van der Waals surface area (Å²) in [7, 11) is 3.49. The molecule has 1 aromatic carbocycles. The molecule has 0 atom stereocenters. The maximum atomic E-state index is 11.1. The van der Waals surface area contributed by atoms with Crippen molar-refractivity contribution in [3.05, 3.63) is 29.6 Å². The van der Waals surface area contributed by atoms with E-state index in [2.05, 4.69) is 4.98 Å². The fourth-order valence-electron chi connectivity index (χ4n) is 2.52. The lowest BCUT2D eigenvalue weighted by Crippen LogP contribution is -2.05. The molecule has 1 N–H and O–H groups in total. The number of aryl methyl sites for hydroxylation is 1. The van der Waals surface area contributed by atoms with Crippen molar-refractivity contribution >= 4 is 22.8 Å². The number of imidazole rings is 2. The number of rotatable bonds is 3. The van der Waals surface area contributed by atoms with Crippen molar-refractivity contribution in [1.82, 2.24) is 14.0 Å². The van der Waals surface area contributed by atoms with E-state index in [1.165, 1.54) is 0 Å². The molecule has 0 saturated heterocycles. The number of carboxylic acid groups (broad SMARTS) is 1. The second-order valence-electron chi connectivity index (χ2n) is 4.76. The first-order valence-corrected chi connectivity index (χ1v) is 6.25. The van der Waals surface area contributed by atoms with Crippen LogP contribution in [-0.4, -0.2) is 32.1 Å². The minimum Gasteiger partial charge on any atom is -0.497 e. The minimum atomic E-state index is -0.856. The molecule has 0 unspecified atom stereocenters. The zero-order valence-electron chi connectivity index (χ0n) is 11.5. The largest absolute Gasteiger partial charge is 0.497 e. The van der Waals surface area contributed by atoms with Crippen LogP contribution >= 0.6 is 0 Å². The molecular formula is C14H15N3O3. The molecule has 3 aromatic rings. The topological polar surface area (TPSA) is 68.8 Å². The summed E-state index contributed by atoms with van der Waals surface area (Å²) >= 11 is 0. The summed E-state index contributed by atoms with van der Waals surface area (Å²) in [5, 5.41) is 9.10. The van der Waals surface area contributed by atoms with Crippen molar-refractivity contribution < 1.29 is 14.6 Å². The third-order valence-corrected chi connectivity index (χ3v) is 3.65. The maximum Gasteiger partial charge on any atom is 0.309 e. The first kappa shape index (κ1) is 12.5. The second kappa shape index (κ2) is 4.26. The number of methoxy groups -OCH3 is 1. The SMILES string of the molecule is COc1ccc2nc3n(C)c(C)c(CC(=O)O)n3c2c1. The Labute approximate surface area is 115 Å². The van der Waals surface area contributed by atoms with Crippen molar-refractivity contribution in [2.75, 3.05) is 7.11 Å². The summed E-state index contributed by atoms with van der Waals surface area (Å²) < 4.78 is 9.03. The normalized spacial score (nSPS) is 11.3. The number of hydrogen-bond acceptors (Lipinski definition) is 3. The number of hydrogen-bond donors (Lipinski definition) is 1. The van der Waals surface area contributed by atoms with Crippen LogP contribution in [0.25, 0.3) is 16.8 Å². The number of nitrogens with zero attached hydrogens (tertiary/aromatic N) is 3. The van der Waals surface area contributed by atoms with E-state index in [1.54, 1.807) is 7.11 Å². The zero-order chi connectivity index (χ0) is 14.4. The van der Waals surface area contributed by atoms with Crippen LogP contribution in [0, 0.1) is 6.92 Å². The van der Waals surface area contributed by atoms with Gasteiger partial charge in [-0.1, -0.05) is 0 Å². The molecule has 104 valence electrons. The summed E-state index contributed by atoms with van der Waals surface area (Å²) in [4.78, 5) is 15.6. The third kappa shape index (κ3) is 1.65. The first-order valence-electron chi connectivity index (χ1n) is 6.25. The first-order chi connectivity index (χ1) is 9.52. The van der Waals surface area contributed by atoms with Crippen LogP contribution in [0.15, 0.2) is 18.2 Å². The van der Waals surface area contributed by atoms with E-state index in [4.69, 9.17) is 9.84 Å². The number of aliphatic carboxylic acids is 1. The smallest absolute Gasteiger partial charge is 0.309 e. The van der Waals surface area contributed by atoms with E-state index in [-0.39, 0.29) is 6.42 Å². The Kier molecular flexibility index (Phi) is 2.67. The lowest BCUT2D eigenvalue weighted by Gasteiger charge is -2.02. The molecule has 0 aliphatic carbocycles. The number of benzene rings is 1. The van der Waals surface area contributed by atoms with Gasteiger partial charge in [-0.2, -0.15) is 0 Å². The van der Waals surface area contributed by atoms with Gasteiger partial charge in [-0.15, -0.1) is 0 Å². The molecule has 3 rings (SSSR count). The van der Waals surface area contributed by atoms with Crippen LogP contribution in [-0.2, 0) is 18.3 Å². The monoisotopic (exact) mass is 273 g/mol. The minimum absolute atomic E-state index is 0.0359. The highest BCUT2D eigenvalue weighted by atomic mass is 16.5. The molecule has 2 heterocycles. The van der Waals surface area contributed by atoms with Crippen molar-refractivity contribution in [3.8, 4) is 5.75 Å². The molecule has 0 fully saturated rings. The molecule has 6 nitrogen and oxygen atoms in total. The molecule has 0 spiro atoms. The molecular weight excluding hydrogens is 258 g/mol. The summed E-state index contributed by atoms with van der Waals surface area (Å²) in [6.45, 7) is 1.90. The van der Waals surface area contributed by atoms with Gasteiger partial charge in [0.2, 0.25) is 5.78 Å². The predicted molar refractivity (Wildman–Crippen MR) is 74.3 cm³/mol. The molecule has 6 heteroatoms. The summed E-state index contributed by atoms with van der Waals surface area (Å²) in [5.74, 6) is 0.606. The van der Waals surface area contributed by atoms with E-state index in [0.717, 1.165) is 33.9 Å². The van der Waals surface area contributed by atoms with Gasteiger partial charge in [-0.3, -0.25) is 9.20 Å². The molecule has 0 aliphatic heterocycles. The Hall–Kier alpha value is -2.50. The van der Waals surface area contributed by atoms with Gasteiger partial charge < -0.3 is 14.4 Å². The van der Waals surface area contributed by atoms with E-state index >= 15 is 0 Å². The van der Waals surface area contributed by atoms with Crippen molar-refractivity contribution in [3.63, 3.8) is 0 Å². The van der Waals surface area contributed by atoms with Gasteiger partial charge in [0.25, 0.3) is 0 Å². The zero-order valence-corrected chi connectivity index (χ0v) is 11.5. The molecule has 0 radical (unpaired) electrons. The Morgan fingerprint density at radius 3 is 2.85 bits per heavy atom. The van der Waals surface area contributed by atoms with Gasteiger partial charge >= 0.3 is 5.97 Å². The molecule has 0 aliphatic rings. The average Bonchev–Trinajstić information content (AvgIpc) is 2.89. The van der Waals surface area contributed by atoms with Gasteiger partial charge in [-0.05, 0) is 19.1 Å². The Bertz CT molecular complexity index is 829. The fraction of sp³-hybridized carbons (Fsp3) is 0.286. The van der Waals surface area contributed by atoms with Crippen LogP contribution in [0.5, 0.6) is 5.75 Å². The van der Waals surface area contributed by atoms with E-state index in [1.807, 2.05) is 41.1 Å². The van der Waals surface area contributed by atoms with Crippen LogP contribution in [0.2, 0.25) is 0 Å². The Morgan fingerprint density at radius 2 is 2.20 bits per heavy atom. The quantitative estimate of drug-likeness (QED) is 0.789. The van der Waals surface area contributed by atoms with Crippen molar-refractivity contribution in [2.45, 2.75) is 13.3 Å². The van der Waals surface area contributed by atoms with Gasteiger partial charge in [0.1, 0.15) is 5.75 Å². The van der Waals surface area contributed by atoms with Crippen LogP contribution in [0.1, 0.15) is 11.4 Å². The van der Waals surface area contributed by atoms with E-state index in [0.29, 0.717) is 0 Å². The van der Waals surface area contributed by atoms with Crippen LogP contribution in [0.4, 0.5) is 0 Å². The van der Waals surface area contributed by atoms with E-state index in [9.17, 15) is 4.79 Å². The average molecular weight is 273 g/mol. The van der Waals surface area contributed by atoms with Gasteiger partial charge in [0.15, 0.2) is 0 Å².